The molecule has 19 heavy (non-hydrogen) atoms. The van der Waals surface area contributed by atoms with Crippen molar-refractivity contribution in [1.29, 1.82) is 0 Å². The number of benzene rings is 1. The number of hydrogen-bond acceptors (Lipinski definition) is 4. The highest BCUT2D eigenvalue weighted by Crippen LogP contribution is 2.12. The molecule has 0 bridgehead atoms. The lowest BCUT2D eigenvalue weighted by atomic mass is 10.2. The molecule has 0 spiro atoms. The van der Waals surface area contributed by atoms with E-state index in [1.807, 2.05) is 24.3 Å². The van der Waals surface area contributed by atoms with Gasteiger partial charge in [0.15, 0.2) is 0 Å². The third-order valence-corrected chi connectivity index (χ3v) is 2.65. The summed E-state index contributed by atoms with van der Waals surface area (Å²) in [6.07, 6.45) is 4.85. The summed E-state index contributed by atoms with van der Waals surface area (Å²) < 4.78 is 1.65. The van der Waals surface area contributed by atoms with Gasteiger partial charge in [-0.2, -0.15) is 5.10 Å². The third-order valence-electron chi connectivity index (χ3n) is 2.65. The van der Waals surface area contributed by atoms with E-state index in [0.29, 0.717) is 19.3 Å². The minimum absolute atomic E-state index is 0.0399. The zero-order valence-corrected chi connectivity index (χ0v) is 10.5. The summed E-state index contributed by atoms with van der Waals surface area (Å²) in [6, 6.07) is 7.36. The van der Waals surface area contributed by atoms with Crippen LogP contribution >= 0.6 is 0 Å². The molecular weight excluding hydrogens is 244 g/mol. The lowest BCUT2D eigenvalue weighted by Gasteiger charge is -2.06. The minimum atomic E-state index is -0.0399. The molecule has 2 N–H and O–H groups in total. The molecule has 2 aromatic rings. The predicted octanol–water partition coefficient (Wildman–Crippen LogP) is 1.37. The minimum Gasteiger partial charge on any atom is -0.396 e. The topological polar surface area (TPSA) is 80.0 Å². The summed E-state index contributed by atoms with van der Waals surface area (Å²) in [4.78, 5) is 15.5. The van der Waals surface area contributed by atoms with Crippen LogP contribution in [-0.4, -0.2) is 32.4 Å². The zero-order chi connectivity index (χ0) is 13.5. The summed E-state index contributed by atoms with van der Waals surface area (Å²) in [5, 5.41) is 15.5. The fraction of sp³-hybridized carbons (Fsp3) is 0.308. The van der Waals surface area contributed by atoms with Crippen LogP contribution in [0.15, 0.2) is 36.9 Å². The molecule has 0 aliphatic heterocycles. The Kier molecular flexibility index (Phi) is 4.63. The quantitative estimate of drug-likeness (QED) is 0.769. The van der Waals surface area contributed by atoms with Crippen LogP contribution < -0.4 is 5.32 Å². The van der Waals surface area contributed by atoms with Gasteiger partial charge in [0.1, 0.15) is 12.7 Å². The lowest BCUT2D eigenvalue weighted by Crippen LogP contribution is -2.11. The third kappa shape index (κ3) is 3.89. The average Bonchev–Trinajstić information content (AvgIpc) is 2.94. The van der Waals surface area contributed by atoms with Gasteiger partial charge in [0, 0.05) is 18.7 Å². The Morgan fingerprint density at radius 1 is 1.26 bits per heavy atom. The van der Waals surface area contributed by atoms with Crippen LogP contribution in [0.1, 0.15) is 19.3 Å². The van der Waals surface area contributed by atoms with Gasteiger partial charge in [0.2, 0.25) is 5.91 Å². The van der Waals surface area contributed by atoms with Crippen LogP contribution in [0, 0.1) is 0 Å². The van der Waals surface area contributed by atoms with Crippen molar-refractivity contribution in [1.82, 2.24) is 14.8 Å². The zero-order valence-electron chi connectivity index (χ0n) is 10.5. The molecule has 1 aromatic carbocycles. The van der Waals surface area contributed by atoms with E-state index in [4.69, 9.17) is 5.11 Å². The van der Waals surface area contributed by atoms with Gasteiger partial charge in [-0.1, -0.05) is 0 Å². The number of rotatable bonds is 6. The van der Waals surface area contributed by atoms with E-state index >= 15 is 0 Å². The molecule has 6 nitrogen and oxygen atoms in total. The Morgan fingerprint density at radius 3 is 2.68 bits per heavy atom. The highest BCUT2D eigenvalue weighted by atomic mass is 16.3. The smallest absolute Gasteiger partial charge is 0.224 e. The van der Waals surface area contributed by atoms with E-state index in [1.165, 1.54) is 6.33 Å². The molecular formula is C13H16N4O2. The number of anilines is 1. The Bertz CT molecular complexity index is 508. The van der Waals surface area contributed by atoms with E-state index in [1.54, 1.807) is 11.0 Å². The lowest BCUT2D eigenvalue weighted by molar-refractivity contribution is -0.116. The molecule has 0 saturated carbocycles. The van der Waals surface area contributed by atoms with Gasteiger partial charge in [0.25, 0.3) is 0 Å². The first-order valence-electron chi connectivity index (χ1n) is 6.15. The van der Waals surface area contributed by atoms with Crippen LogP contribution in [0.5, 0.6) is 0 Å². The number of aliphatic hydroxyl groups is 1. The number of carbonyl (C=O) groups is 1. The van der Waals surface area contributed by atoms with Gasteiger partial charge in [-0.25, -0.2) is 9.67 Å². The molecule has 0 saturated heterocycles. The number of amides is 1. The Labute approximate surface area is 111 Å². The maximum Gasteiger partial charge on any atom is 0.224 e. The number of nitrogens with zero attached hydrogens (tertiary/aromatic N) is 3. The fourth-order valence-electron chi connectivity index (χ4n) is 1.66. The molecule has 0 radical (unpaired) electrons. The van der Waals surface area contributed by atoms with E-state index in [2.05, 4.69) is 15.4 Å². The van der Waals surface area contributed by atoms with Crippen molar-refractivity contribution < 1.29 is 9.90 Å². The highest BCUT2D eigenvalue weighted by molar-refractivity contribution is 5.90. The van der Waals surface area contributed by atoms with Gasteiger partial charge in [-0.3, -0.25) is 4.79 Å². The second kappa shape index (κ2) is 6.65. The Hall–Kier alpha value is -2.21. The van der Waals surface area contributed by atoms with E-state index in [-0.39, 0.29) is 12.5 Å². The summed E-state index contributed by atoms with van der Waals surface area (Å²) in [5.74, 6) is -0.0399. The molecule has 6 heteroatoms. The molecule has 2 rings (SSSR count). The van der Waals surface area contributed by atoms with Gasteiger partial charge >= 0.3 is 0 Å². The summed E-state index contributed by atoms with van der Waals surface area (Å²) in [5.41, 5.74) is 1.63. The van der Waals surface area contributed by atoms with Crippen LogP contribution in [0.25, 0.3) is 5.69 Å². The van der Waals surface area contributed by atoms with Gasteiger partial charge in [-0.05, 0) is 37.1 Å². The number of hydrogen-bond donors (Lipinski definition) is 2. The summed E-state index contributed by atoms with van der Waals surface area (Å²) in [6.45, 7) is 0.125. The number of nitrogens with one attached hydrogen (secondary N) is 1. The van der Waals surface area contributed by atoms with Gasteiger partial charge in [0.05, 0.1) is 5.69 Å². The van der Waals surface area contributed by atoms with Gasteiger partial charge in [-0.15, -0.1) is 0 Å². The molecule has 1 amide bonds. The van der Waals surface area contributed by atoms with Crippen molar-refractivity contribution in [2.75, 3.05) is 11.9 Å². The molecule has 0 unspecified atom stereocenters. The summed E-state index contributed by atoms with van der Waals surface area (Å²) >= 11 is 0. The molecule has 1 aromatic heterocycles. The van der Waals surface area contributed by atoms with Crippen LogP contribution in [-0.2, 0) is 4.79 Å². The van der Waals surface area contributed by atoms with Crippen LogP contribution in [0.2, 0.25) is 0 Å². The van der Waals surface area contributed by atoms with Crippen molar-refractivity contribution >= 4 is 11.6 Å². The Balaban J connectivity index is 1.90. The molecule has 0 aliphatic carbocycles. The first kappa shape index (κ1) is 13.2. The summed E-state index contributed by atoms with van der Waals surface area (Å²) in [7, 11) is 0. The van der Waals surface area contributed by atoms with Crippen molar-refractivity contribution in [2.45, 2.75) is 19.3 Å². The molecule has 0 aliphatic rings. The molecule has 100 valence electrons. The first-order valence-corrected chi connectivity index (χ1v) is 6.15. The van der Waals surface area contributed by atoms with E-state index in [9.17, 15) is 4.79 Å². The van der Waals surface area contributed by atoms with Gasteiger partial charge < -0.3 is 10.4 Å². The number of aromatic nitrogens is 3. The number of unbranched alkanes of at least 4 members (excludes halogenated alkanes) is 1. The second-order valence-corrected chi connectivity index (χ2v) is 4.12. The maximum absolute atomic E-state index is 11.6. The monoisotopic (exact) mass is 260 g/mol. The van der Waals surface area contributed by atoms with E-state index in [0.717, 1.165) is 11.4 Å². The van der Waals surface area contributed by atoms with Crippen molar-refractivity contribution in [2.24, 2.45) is 0 Å². The normalized spacial score (nSPS) is 10.4. The number of aliphatic hydroxyl groups excluding tert-OH is 1. The fourth-order valence-corrected chi connectivity index (χ4v) is 1.66. The SMILES string of the molecule is O=C(CCCCO)Nc1ccc(-n2cncn2)cc1. The molecule has 0 atom stereocenters. The average molecular weight is 260 g/mol. The molecule has 0 fully saturated rings. The predicted molar refractivity (Wildman–Crippen MR) is 70.9 cm³/mol. The van der Waals surface area contributed by atoms with Crippen molar-refractivity contribution in [3.63, 3.8) is 0 Å². The largest absolute Gasteiger partial charge is 0.396 e. The maximum atomic E-state index is 11.6. The van der Waals surface area contributed by atoms with Crippen LogP contribution in [0.3, 0.4) is 0 Å². The number of carbonyl (C=O) groups excluding carboxylic acids is 1. The van der Waals surface area contributed by atoms with E-state index < -0.39 is 0 Å². The Morgan fingerprint density at radius 2 is 2.05 bits per heavy atom. The van der Waals surface area contributed by atoms with Crippen LogP contribution in [0.4, 0.5) is 5.69 Å². The standard InChI is InChI=1S/C13H16N4O2/c18-8-2-1-3-13(19)16-11-4-6-12(7-5-11)17-10-14-9-15-17/h4-7,9-10,18H,1-3,8H2,(H,16,19). The first-order chi connectivity index (χ1) is 9.29. The van der Waals surface area contributed by atoms with Crippen molar-refractivity contribution in [3.8, 4) is 5.69 Å². The second-order valence-electron chi connectivity index (χ2n) is 4.12. The molecule has 1 heterocycles. The highest BCUT2D eigenvalue weighted by Gasteiger charge is 2.02. The van der Waals surface area contributed by atoms with Crippen molar-refractivity contribution in [3.05, 3.63) is 36.9 Å².